The number of hydrogen-bond acceptors (Lipinski definition) is 3. The van der Waals surface area contributed by atoms with E-state index >= 15 is 0 Å². The predicted octanol–water partition coefficient (Wildman–Crippen LogP) is 1.76. The molecule has 1 aliphatic heterocycles. The summed E-state index contributed by atoms with van der Waals surface area (Å²) in [6.45, 7) is 0.468. The van der Waals surface area contributed by atoms with E-state index in [2.05, 4.69) is 16.0 Å². The summed E-state index contributed by atoms with van der Waals surface area (Å²) < 4.78 is 5.29. The summed E-state index contributed by atoms with van der Waals surface area (Å²) in [5.41, 5.74) is 1.57. The van der Waals surface area contributed by atoms with Crippen LogP contribution in [0.5, 0.6) is 5.75 Å². The van der Waals surface area contributed by atoms with Gasteiger partial charge in [-0.05, 0) is 30.5 Å². The van der Waals surface area contributed by atoms with Crippen LogP contribution >= 0.6 is 0 Å². The number of anilines is 1. The first-order valence-corrected chi connectivity index (χ1v) is 7.30. The van der Waals surface area contributed by atoms with Gasteiger partial charge in [-0.1, -0.05) is 18.9 Å². The molecule has 3 N–H and O–H groups in total. The van der Waals surface area contributed by atoms with Gasteiger partial charge in [0.15, 0.2) is 6.61 Å². The largest absolute Gasteiger partial charge is 0.482 e. The molecule has 2 aliphatic rings. The van der Waals surface area contributed by atoms with Gasteiger partial charge in [-0.25, -0.2) is 4.79 Å². The fourth-order valence-electron chi connectivity index (χ4n) is 2.73. The molecule has 0 spiro atoms. The van der Waals surface area contributed by atoms with Gasteiger partial charge in [0.05, 0.1) is 5.69 Å². The van der Waals surface area contributed by atoms with Crippen molar-refractivity contribution in [3.05, 3.63) is 23.8 Å². The van der Waals surface area contributed by atoms with Gasteiger partial charge in [0, 0.05) is 12.6 Å². The molecule has 1 aromatic carbocycles. The molecular formula is C15H19N3O3. The monoisotopic (exact) mass is 289 g/mol. The average molecular weight is 289 g/mol. The Hall–Kier alpha value is -2.24. The van der Waals surface area contributed by atoms with E-state index in [-0.39, 0.29) is 18.5 Å². The maximum Gasteiger partial charge on any atom is 0.315 e. The topological polar surface area (TPSA) is 79.5 Å². The number of carbonyl (C=O) groups excluding carboxylic acids is 2. The van der Waals surface area contributed by atoms with Gasteiger partial charge in [-0.3, -0.25) is 4.79 Å². The van der Waals surface area contributed by atoms with E-state index in [1.54, 1.807) is 6.07 Å². The smallest absolute Gasteiger partial charge is 0.315 e. The van der Waals surface area contributed by atoms with Crippen LogP contribution in [0.4, 0.5) is 10.5 Å². The maximum atomic E-state index is 11.8. The number of carbonyl (C=O) groups is 2. The highest BCUT2D eigenvalue weighted by Gasteiger charge is 2.18. The minimum atomic E-state index is -0.161. The van der Waals surface area contributed by atoms with Crippen molar-refractivity contribution in [3.8, 4) is 5.75 Å². The van der Waals surface area contributed by atoms with Crippen LogP contribution in [-0.2, 0) is 11.3 Å². The molecule has 1 fully saturated rings. The molecule has 0 atom stereocenters. The second-order valence-corrected chi connectivity index (χ2v) is 5.48. The molecule has 3 amide bonds. The van der Waals surface area contributed by atoms with Crippen LogP contribution in [0.15, 0.2) is 18.2 Å². The van der Waals surface area contributed by atoms with E-state index in [9.17, 15) is 9.59 Å². The molecule has 0 saturated heterocycles. The molecule has 0 unspecified atom stereocenters. The molecule has 112 valence electrons. The molecule has 3 rings (SSSR count). The molecule has 1 heterocycles. The van der Waals surface area contributed by atoms with Crippen LogP contribution in [0.1, 0.15) is 31.2 Å². The first kappa shape index (κ1) is 13.7. The Morgan fingerprint density at radius 1 is 1.33 bits per heavy atom. The number of nitrogens with one attached hydrogen (secondary N) is 3. The summed E-state index contributed by atoms with van der Waals surface area (Å²) in [7, 11) is 0. The fraction of sp³-hybridized carbons (Fsp3) is 0.467. The van der Waals surface area contributed by atoms with Gasteiger partial charge in [-0.2, -0.15) is 0 Å². The van der Waals surface area contributed by atoms with Crippen molar-refractivity contribution in [1.29, 1.82) is 0 Å². The quantitative estimate of drug-likeness (QED) is 0.793. The standard InChI is InChI=1S/C15H19N3O3/c19-14-9-21-13-6-5-10(7-12(13)18-14)8-16-15(20)17-11-3-1-2-4-11/h5-7,11H,1-4,8-9H2,(H,18,19)(H2,16,17,20). The summed E-state index contributed by atoms with van der Waals surface area (Å²) >= 11 is 0. The van der Waals surface area contributed by atoms with Gasteiger partial charge in [-0.15, -0.1) is 0 Å². The zero-order valence-corrected chi connectivity index (χ0v) is 11.8. The van der Waals surface area contributed by atoms with Gasteiger partial charge in [0.25, 0.3) is 5.91 Å². The Bertz CT molecular complexity index is 553. The summed E-state index contributed by atoms with van der Waals surface area (Å²) in [6.07, 6.45) is 4.51. The summed E-state index contributed by atoms with van der Waals surface area (Å²) in [5.74, 6) is 0.500. The molecule has 6 nitrogen and oxygen atoms in total. The van der Waals surface area contributed by atoms with Crippen molar-refractivity contribution in [2.24, 2.45) is 0 Å². The third kappa shape index (κ3) is 3.45. The van der Waals surface area contributed by atoms with E-state index < -0.39 is 0 Å². The minimum absolute atomic E-state index is 0.0500. The number of benzene rings is 1. The van der Waals surface area contributed by atoms with Crippen molar-refractivity contribution in [2.45, 2.75) is 38.3 Å². The zero-order chi connectivity index (χ0) is 14.7. The van der Waals surface area contributed by atoms with Crippen molar-refractivity contribution >= 4 is 17.6 Å². The predicted molar refractivity (Wildman–Crippen MR) is 78.2 cm³/mol. The summed E-state index contributed by atoms with van der Waals surface area (Å²) in [6, 6.07) is 5.68. The van der Waals surface area contributed by atoms with Crippen molar-refractivity contribution in [1.82, 2.24) is 10.6 Å². The zero-order valence-electron chi connectivity index (χ0n) is 11.8. The van der Waals surface area contributed by atoms with E-state index in [0.29, 0.717) is 24.0 Å². The summed E-state index contributed by atoms with van der Waals surface area (Å²) in [5, 5.41) is 8.57. The number of hydrogen-bond donors (Lipinski definition) is 3. The lowest BCUT2D eigenvalue weighted by Gasteiger charge is -2.19. The molecular weight excluding hydrogens is 270 g/mol. The number of fused-ring (bicyclic) bond motifs is 1. The van der Waals surface area contributed by atoms with E-state index in [1.165, 1.54) is 12.8 Å². The first-order valence-electron chi connectivity index (χ1n) is 7.30. The van der Waals surface area contributed by atoms with Gasteiger partial charge >= 0.3 is 6.03 Å². The van der Waals surface area contributed by atoms with Crippen LogP contribution in [-0.4, -0.2) is 24.6 Å². The Morgan fingerprint density at radius 2 is 2.14 bits per heavy atom. The molecule has 6 heteroatoms. The molecule has 1 aliphatic carbocycles. The lowest BCUT2D eigenvalue weighted by atomic mass is 10.1. The third-order valence-electron chi connectivity index (χ3n) is 3.82. The van der Waals surface area contributed by atoms with E-state index in [4.69, 9.17) is 4.74 Å². The van der Waals surface area contributed by atoms with Crippen LogP contribution in [0.25, 0.3) is 0 Å². The SMILES string of the molecule is O=C1COc2ccc(CNC(=O)NC3CCCC3)cc2N1. The van der Waals surface area contributed by atoms with Crippen LogP contribution in [0.3, 0.4) is 0 Å². The summed E-state index contributed by atoms with van der Waals surface area (Å²) in [4.78, 5) is 23.1. The molecule has 21 heavy (non-hydrogen) atoms. The lowest BCUT2D eigenvalue weighted by Crippen LogP contribution is -2.40. The molecule has 1 aromatic rings. The van der Waals surface area contributed by atoms with Crippen molar-refractivity contribution < 1.29 is 14.3 Å². The molecule has 0 radical (unpaired) electrons. The third-order valence-corrected chi connectivity index (χ3v) is 3.82. The Kier molecular flexibility index (Phi) is 3.94. The first-order chi connectivity index (χ1) is 10.2. The molecule has 1 saturated carbocycles. The van der Waals surface area contributed by atoms with Gasteiger partial charge in [0.1, 0.15) is 5.75 Å². The fourth-order valence-corrected chi connectivity index (χ4v) is 2.73. The minimum Gasteiger partial charge on any atom is -0.482 e. The Balaban J connectivity index is 1.54. The van der Waals surface area contributed by atoms with Crippen LogP contribution < -0.4 is 20.7 Å². The lowest BCUT2D eigenvalue weighted by molar-refractivity contribution is -0.118. The number of ether oxygens (including phenoxy) is 1. The molecule has 0 bridgehead atoms. The maximum absolute atomic E-state index is 11.8. The number of amides is 3. The van der Waals surface area contributed by atoms with Gasteiger partial charge < -0.3 is 20.7 Å². The van der Waals surface area contributed by atoms with Crippen LogP contribution in [0.2, 0.25) is 0 Å². The van der Waals surface area contributed by atoms with E-state index in [0.717, 1.165) is 18.4 Å². The number of urea groups is 1. The normalized spacial score (nSPS) is 17.6. The van der Waals surface area contributed by atoms with E-state index in [1.807, 2.05) is 12.1 Å². The highest BCUT2D eigenvalue weighted by Crippen LogP contribution is 2.28. The molecule has 0 aromatic heterocycles. The highest BCUT2D eigenvalue weighted by molar-refractivity contribution is 5.95. The van der Waals surface area contributed by atoms with Crippen molar-refractivity contribution in [2.75, 3.05) is 11.9 Å². The van der Waals surface area contributed by atoms with Crippen molar-refractivity contribution in [3.63, 3.8) is 0 Å². The Morgan fingerprint density at radius 3 is 2.95 bits per heavy atom. The highest BCUT2D eigenvalue weighted by atomic mass is 16.5. The van der Waals surface area contributed by atoms with Gasteiger partial charge in [0.2, 0.25) is 0 Å². The second kappa shape index (κ2) is 6.03. The van der Waals surface area contributed by atoms with Crippen LogP contribution in [0, 0.1) is 0 Å². The number of rotatable bonds is 3. The Labute approximate surface area is 123 Å². The average Bonchev–Trinajstić information content (AvgIpc) is 2.97. The second-order valence-electron chi connectivity index (χ2n) is 5.48.